The molecule has 6 heteroatoms. The summed E-state index contributed by atoms with van der Waals surface area (Å²) in [7, 11) is 0. The van der Waals surface area contributed by atoms with Gasteiger partial charge < -0.3 is 0 Å². The number of hydrogen-bond donors (Lipinski definition) is 0. The van der Waals surface area contributed by atoms with Crippen LogP contribution >= 0.6 is 22.7 Å². The van der Waals surface area contributed by atoms with Crippen LogP contribution in [0.25, 0.3) is 21.3 Å². The molecule has 1 saturated heterocycles. The van der Waals surface area contributed by atoms with Gasteiger partial charge in [-0.15, -0.1) is 0 Å². The molecule has 1 saturated carbocycles. The second kappa shape index (κ2) is 5.11. The number of benzene rings is 1. The molecule has 2 bridgehead atoms. The van der Waals surface area contributed by atoms with Crippen LogP contribution in [0.15, 0.2) is 47.2 Å². The molecule has 2 amide bonds. The number of anilines is 1. The molecular weight excluding hydrogens is 364 g/mol. The van der Waals surface area contributed by atoms with Crippen LogP contribution in [-0.2, 0) is 9.59 Å². The lowest BCUT2D eigenvalue weighted by molar-refractivity contribution is -0.123. The highest BCUT2D eigenvalue weighted by Crippen LogP contribution is 2.53. The number of fused-ring (bicyclic) bond motifs is 6. The standard InChI is InChI=1S/C20H14N2O2S2/c23-18-16-11-1-2-12(7-11)17(16)19(24)22(18)20-21-14-4-3-10(8-15(14)26-20)13-5-6-25-9-13/h1-6,8-9,11-12,16-17H,7H2/t11?,12?,16-,17+. The molecule has 2 aliphatic carbocycles. The van der Waals surface area contributed by atoms with E-state index in [4.69, 9.17) is 0 Å². The Morgan fingerprint density at radius 3 is 2.46 bits per heavy atom. The van der Waals surface area contributed by atoms with E-state index in [1.54, 1.807) is 11.3 Å². The highest BCUT2D eigenvalue weighted by Gasteiger charge is 2.60. The second-order valence-corrected chi connectivity index (χ2v) is 8.99. The molecule has 1 aromatic carbocycles. The van der Waals surface area contributed by atoms with Gasteiger partial charge in [-0.1, -0.05) is 29.6 Å². The minimum absolute atomic E-state index is 0.0611. The Hall–Kier alpha value is -2.31. The fourth-order valence-electron chi connectivity index (χ4n) is 4.71. The molecule has 4 atom stereocenters. The van der Waals surface area contributed by atoms with Gasteiger partial charge in [0.2, 0.25) is 11.8 Å². The number of carbonyl (C=O) groups is 2. The van der Waals surface area contributed by atoms with E-state index >= 15 is 0 Å². The minimum Gasteiger partial charge on any atom is -0.274 e. The summed E-state index contributed by atoms with van der Waals surface area (Å²) >= 11 is 3.10. The van der Waals surface area contributed by atoms with Crippen LogP contribution in [0.5, 0.6) is 0 Å². The summed E-state index contributed by atoms with van der Waals surface area (Å²) in [4.78, 5) is 31.9. The zero-order valence-electron chi connectivity index (χ0n) is 13.7. The Kier molecular flexibility index (Phi) is 2.91. The zero-order valence-corrected chi connectivity index (χ0v) is 15.3. The van der Waals surface area contributed by atoms with Gasteiger partial charge in [0, 0.05) is 0 Å². The molecule has 0 radical (unpaired) electrons. The van der Waals surface area contributed by atoms with Crippen LogP contribution in [-0.4, -0.2) is 16.8 Å². The smallest absolute Gasteiger partial charge is 0.240 e. The fourth-order valence-corrected chi connectivity index (χ4v) is 6.39. The maximum atomic E-state index is 13.0. The predicted molar refractivity (Wildman–Crippen MR) is 103 cm³/mol. The Morgan fingerprint density at radius 1 is 1.00 bits per heavy atom. The number of hydrogen-bond acceptors (Lipinski definition) is 5. The normalized spacial score (nSPS) is 29.3. The molecule has 2 unspecified atom stereocenters. The average Bonchev–Trinajstić information content (AvgIpc) is 3.44. The van der Waals surface area contributed by atoms with Gasteiger partial charge in [0.25, 0.3) is 0 Å². The largest absolute Gasteiger partial charge is 0.274 e. The number of carbonyl (C=O) groups excluding carboxylic acids is 2. The molecule has 0 spiro atoms. The molecule has 1 aliphatic heterocycles. The highest BCUT2D eigenvalue weighted by atomic mass is 32.1. The molecule has 3 aromatic rings. The predicted octanol–water partition coefficient (Wildman–Crippen LogP) is 4.34. The number of thiazole rings is 1. The van der Waals surface area contributed by atoms with Crippen LogP contribution in [0.3, 0.4) is 0 Å². The summed E-state index contributed by atoms with van der Waals surface area (Å²) in [5, 5.41) is 4.69. The van der Waals surface area contributed by atoms with Crippen molar-refractivity contribution in [3.05, 3.63) is 47.2 Å². The van der Waals surface area contributed by atoms with Gasteiger partial charge in [0.05, 0.1) is 22.1 Å². The van der Waals surface area contributed by atoms with Crippen molar-refractivity contribution in [3.63, 3.8) is 0 Å². The molecule has 3 heterocycles. The summed E-state index contributed by atoms with van der Waals surface area (Å²) in [6.07, 6.45) is 5.18. The Morgan fingerprint density at radius 2 is 1.77 bits per heavy atom. The van der Waals surface area contributed by atoms with Gasteiger partial charge in [-0.05, 0) is 58.3 Å². The molecule has 128 valence electrons. The van der Waals surface area contributed by atoms with Gasteiger partial charge >= 0.3 is 0 Å². The van der Waals surface area contributed by atoms with Crippen molar-refractivity contribution in [1.82, 2.24) is 4.98 Å². The summed E-state index contributed by atoms with van der Waals surface area (Å²) in [5.41, 5.74) is 3.15. The van der Waals surface area contributed by atoms with Crippen LogP contribution in [0.1, 0.15) is 6.42 Å². The van der Waals surface area contributed by atoms with Gasteiger partial charge in [-0.3, -0.25) is 9.59 Å². The SMILES string of the molecule is O=C1[C@@H]2C3C=CC(C3)[C@@H]2C(=O)N1c1nc2ccc(-c3ccsc3)cc2s1. The lowest BCUT2D eigenvalue weighted by Gasteiger charge is -2.14. The van der Waals surface area contributed by atoms with E-state index in [0.717, 1.165) is 22.2 Å². The van der Waals surface area contributed by atoms with Crippen LogP contribution in [0.2, 0.25) is 0 Å². The molecule has 6 rings (SSSR count). The first-order valence-corrected chi connectivity index (χ1v) is 10.5. The average molecular weight is 378 g/mol. The monoisotopic (exact) mass is 378 g/mol. The molecule has 4 nitrogen and oxygen atoms in total. The lowest BCUT2D eigenvalue weighted by Crippen LogP contribution is -2.32. The lowest BCUT2D eigenvalue weighted by atomic mass is 9.85. The van der Waals surface area contributed by atoms with Crippen LogP contribution in [0.4, 0.5) is 5.13 Å². The summed E-state index contributed by atoms with van der Waals surface area (Å²) in [5.74, 6) is -0.0169. The topological polar surface area (TPSA) is 50.3 Å². The minimum atomic E-state index is -0.175. The molecular formula is C20H14N2O2S2. The van der Waals surface area contributed by atoms with Gasteiger partial charge in [-0.25, -0.2) is 9.88 Å². The molecule has 26 heavy (non-hydrogen) atoms. The fraction of sp³-hybridized carbons (Fsp3) is 0.250. The zero-order chi connectivity index (χ0) is 17.4. The number of imide groups is 1. The molecule has 2 fully saturated rings. The van der Waals surface area contributed by atoms with E-state index in [1.807, 2.05) is 12.1 Å². The van der Waals surface area contributed by atoms with Crippen molar-refractivity contribution in [2.24, 2.45) is 23.7 Å². The van der Waals surface area contributed by atoms with E-state index in [2.05, 4.69) is 40.0 Å². The number of allylic oxidation sites excluding steroid dienone is 2. The molecule has 3 aliphatic rings. The van der Waals surface area contributed by atoms with Gasteiger partial charge in [0.15, 0.2) is 5.13 Å². The van der Waals surface area contributed by atoms with E-state index in [9.17, 15) is 9.59 Å². The maximum absolute atomic E-state index is 13.0. The Bertz CT molecular complexity index is 1070. The third-order valence-electron chi connectivity index (χ3n) is 5.89. The number of rotatable bonds is 2. The second-order valence-electron chi connectivity index (χ2n) is 7.20. The maximum Gasteiger partial charge on any atom is 0.240 e. The van der Waals surface area contributed by atoms with E-state index < -0.39 is 0 Å². The van der Waals surface area contributed by atoms with Crippen LogP contribution in [0, 0.1) is 23.7 Å². The van der Waals surface area contributed by atoms with Crippen molar-refractivity contribution >= 4 is 49.8 Å². The Balaban J connectivity index is 1.41. The van der Waals surface area contributed by atoms with Gasteiger partial charge in [-0.2, -0.15) is 11.3 Å². The summed E-state index contributed by atoms with van der Waals surface area (Å²) in [6, 6.07) is 8.20. The van der Waals surface area contributed by atoms with Crippen molar-refractivity contribution < 1.29 is 9.59 Å². The first-order valence-electron chi connectivity index (χ1n) is 8.70. The number of amides is 2. The number of nitrogens with zero attached hydrogens (tertiary/aromatic N) is 2. The van der Waals surface area contributed by atoms with E-state index in [-0.39, 0.29) is 35.5 Å². The van der Waals surface area contributed by atoms with Crippen molar-refractivity contribution in [1.29, 1.82) is 0 Å². The molecule has 0 N–H and O–H groups in total. The quantitative estimate of drug-likeness (QED) is 0.492. The first-order chi connectivity index (χ1) is 12.7. The van der Waals surface area contributed by atoms with Gasteiger partial charge in [0.1, 0.15) is 0 Å². The van der Waals surface area contributed by atoms with Crippen molar-refractivity contribution in [2.45, 2.75) is 6.42 Å². The number of aromatic nitrogens is 1. The third kappa shape index (κ3) is 1.86. The summed E-state index contributed by atoms with van der Waals surface area (Å²) in [6.45, 7) is 0. The first kappa shape index (κ1) is 14.8. The van der Waals surface area contributed by atoms with Crippen LogP contribution < -0.4 is 4.90 Å². The van der Waals surface area contributed by atoms with Crippen molar-refractivity contribution in [2.75, 3.05) is 4.90 Å². The summed E-state index contributed by atoms with van der Waals surface area (Å²) < 4.78 is 1.00. The third-order valence-corrected chi connectivity index (χ3v) is 7.58. The van der Waals surface area contributed by atoms with Crippen molar-refractivity contribution in [3.8, 4) is 11.1 Å². The Labute approximate surface area is 157 Å². The number of thiophene rings is 1. The molecule has 2 aromatic heterocycles. The van der Waals surface area contributed by atoms with E-state index in [1.165, 1.54) is 21.8 Å². The van der Waals surface area contributed by atoms with E-state index in [0.29, 0.717) is 5.13 Å². The highest BCUT2D eigenvalue weighted by molar-refractivity contribution is 7.22.